The molecule has 0 heterocycles. The second kappa shape index (κ2) is 23.4. The fourth-order valence-corrected chi connectivity index (χ4v) is 2.79. The molecule has 0 aliphatic heterocycles. The van der Waals surface area contributed by atoms with Crippen LogP contribution in [0.2, 0.25) is 0 Å². The van der Waals surface area contributed by atoms with Crippen LogP contribution in [0.1, 0.15) is 90.9 Å². The smallest absolute Gasteiger partial charge is 0.300 e. The van der Waals surface area contributed by atoms with Gasteiger partial charge >= 0.3 is 0 Å². The second-order valence-corrected chi connectivity index (χ2v) is 6.70. The first kappa shape index (κ1) is 26.6. The van der Waals surface area contributed by atoms with Crippen LogP contribution >= 0.6 is 0 Å². The van der Waals surface area contributed by atoms with Crippen molar-refractivity contribution in [2.45, 2.75) is 90.9 Å². The van der Waals surface area contributed by atoms with E-state index in [2.05, 4.69) is 11.8 Å². The largest absolute Gasteiger partial charge is 0.481 e. The molecule has 0 fully saturated rings. The lowest BCUT2D eigenvalue weighted by atomic mass is 10.1. The van der Waals surface area contributed by atoms with Crippen LogP contribution in [-0.2, 0) is 4.79 Å². The van der Waals surface area contributed by atoms with Gasteiger partial charge in [0.15, 0.2) is 0 Å². The number of hydrogen-bond donors (Lipinski definition) is 3. The highest BCUT2D eigenvalue weighted by Crippen LogP contribution is 2.12. The highest BCUT2D eigenvalue weighted by Gasteiger charge is 2.02. The molecule has 0 bridgehead atoms. The molecule has 0 aromatic heterocycles. The first-order chi connectivity index (χ1) is 12.1. The van der Waals surface area contributed by atoms with Gasteiger partial charge < -0.3 is 15.3 Å². The fourth-order valence-electron chi connectivity index (χ4n) is 2.79. The van der Waals surface area contributed by atoms with E-state index in [0.717, 1.165) is 13.5 Å². The molecule has 0 aliphatic carbocycles. The molecule has 0 atom stereocenters. The van der Waals surface area contributed by atoms with Crippen molar-refractivity contribution in [1.82, 2.24) is 4.90 Å². The molecule has 0 radical (unpaired) electrons. The Morgan fingerprint density at radius 1 is 0.680 bits per heavy atom. The van der Waals surface area contributed by atoms with Crippen molar-refractivity contribution in [3.05, 3.63) is 0 Å². The van der Waals surface area contributed by atoms with E-state index in [4.69, 9.17) is 20.1 Å². The zero-order valence-corrected chi connectivity index (χ0v) is 16.7. The Morgan fingerprint density at radius 3 is 1.32 bits per heavy atom. The predicted octanol–water partition coefficient (Wildman–Crippen LogP) is 4.07. The molecular weight excluding hydrogens is 318 g/mol. The van der Waals surface area contributed by atoms with Crippen molar-refractivity contribution in [1.29, 1.82) is 0 Å². The number of aliphatic hydroxyl groups excluding tert-OH is 2. The maximum Gasteiger partial charge on any atom is 0.300 e. The highest BCUT2D eigenvalue weighted by molar-refractivity contribution is 5.62. The summed E-state index contributed by atoms with van der Waals surface area (Å²) in [4.78, 5) is 11.1. The summed E-state index contributed by atoms with van der Waals surface area (Å²) in [5.41, 5.74) is 0. The summed E-state index contributed by atoms with van der Waals surface area (Å²) in [7, 11) is 0. The Bertz CT molecular complexity index is 252. The molecule has 0 saturated carbocycles. The topological polar surface area (TPSA) is 81.0 Å². The number of rotatable bonds is 17. The van der Waals surface area contributed by atoms with Gasteiger partial charge in [0.05, 0.1) is 13.2 Å². The lowest BCUT2D eigenvalue weighted by Crippen LogP contribution is -2.30. The zero-order valence-electron chi connectivity index (χ0n) is 16.7. The third-order valence-electron chi connectivity index (χ3n) is 4.16. The van der Waals surface area contributed by atoms with Gasteiger partial charge in [-0.15, -0.1) is 0 Å². The number of hydrogen-bond acceptors (Lipinski definition) is 4. The molecule has 0 amide bonds. The normalized spacial score (nSPS) is 10.6. The minimum Gasteiger partial charge on any atom is -0.481 e. The van der Waals surface area contributed by atoms with E-state index in [-0.39, 0.29) is 13.2 Å². The van der Waals surface area contributed by atoms with Gasteiger partial charge in [-0.05, 0) is 13.0 Å². The zero-order chi connectivity index (χ0) is 19.2. The SMILES string of the molecule is CC(=O)O.CCCCCCCCCCCCCCN(CCO)CCO. The van der Waals surface area contributed by atoms with Gasteiger partial charge in [0, 0.05) is 20.0 Å². The van der Waals surface area contributed by atoms with Gasteiger partial charge in [0.1, 0.15) is 0 Å². The third-order valence-corrected chi connectivity index (χ3v) is 4.16. The Labute approximate surface area is 155 Å². The maximum absolute atomic E-state index is 9.00. The van der Waals surface area contributed by atoms with E-state index in [1.807, 2.05) is 0 Å². The van der Waals surface area contributed by atoms with Gasteiger partial charge in [0.25, 0.3) is 5.97 Å². The number of nitrogens with zero attached hydrogens (tertiary/aromatic N) is 1. The van der Waals surface area contributed by atoms with Gasteiger partial charge in [-0.1, -0.05) is 77.6 Å². The minimum atomic E-state index is -0.833. The van der Waals surface area contributed by atoms with Crippen molar-refractivity contribution in [3.63, 3.8) is 0 Å². The first-order valence-corrected chi connectivity index (χ1v) is 10.2. The molecule has 0 aromatic carbocycles. The van der Waals surface area contributed by atoms with Crippen molar-refractivity contribution >= 4 is 5.97 Å². The minimum absolute atomic E-state index is 0.193. The highest BCUT2D eigenvalue weighted by atomic mass is 16.4. The van der Waals surface area contributed by atoms with Crippen LogP contribution in [0.15, 0.2) is 0 Å². The van der Waals surface area contributed by atoms with Crippen LogP contribution in [-0.4, -0.2) is 59.0 Å². The van der Waals surface area contributed by atoms with Gasteiger partial charge in [0.2, 0.25) is 0 Å². The standard InChI is InChI=1S/C18H39NO2.C2H4O2/c1-2-3-4-5-6-7-8-9-10-11-12-13-14-19(15-17-20)16-18-21;1-2(3)4/h20-21H,2-18H2,1H3;1H3,(H,3,4). The Hall–Kier alpha value is -0.650. The van der Waals surface area contributed by atoms with E-state index in [1.54, 1.807) is 0 Å². The third kappa shape index (κ3) is 28.4. The van der Waals surface area contributed by atoms with E-state index in [0.29, 0.717) is 13.1 Å². The molecule has 0 spiro atoms. The summed E-state index contributed by atoms with van der Waals surface area (Å²) in [6.07, 6.45) is 16.4. The molecule has 152 valence electrons. The van der Waals surface area contributed by atoms with Crippen molar-refractivity contribution < 1.29 is 20.1 Å². The van der Waals surface area contributed by atoms with Gasteiger partial charge in [-0.2, -0.15) is 0 Å². The Morgan fingerprint density at radius 2 is 1.00 bits per heavy atom. The number of unbranched alkanes of at least 4 members (excludes halogenated alkanes) is 11. The number of carbonyl (C=O) groups is 1. The monoisotopic (exact) mass is 361 g/mol. The first-order valence-electron chi connectivity index (χ1n) is 10.2. The lowest BCUT2D eigenvalue weighted by molar-refractivity contribution is -0.134. The summed E-state index contributed by atoms with van der Waals surface area (Å²) in [5, 5.41) is 25.3. The summed E-state index contributed by atoms with van der Waals surface area (Å²) >= 11 is 0. The van der Waals surface area contributed by atoms with Crippen LogP contribution in [0.3, 0.4) is 0 Å². The predicted molar refractivity (Wildman–Crippen MR) is 105 cm³/mol. The molecule has 0 aliphatic rings. The van der Waals surface area contributed by atoms with Crippen LogP contribution in [0.5, 0.6) is 0 Å². The van der Waals surface area contributed by atoms with Crippen molar-refractivity contribution in [3.8, 4) is 0 Å². The molecular formula is C20H43NO4. The van der Waals surface area contributed by atoms with E-state index in [9.17, 15) is 0 Å². The van der Waals surface area contributed by atoms with Gasteiger partial charge in [-0.3, -0.25) is 9.69 Å². The van der Waals surface area contributed by atoms with Crippen LogP contribution in [0.25, 0.3) is 0 Å². The summed E-state index contributed by atoms with van der Waals surface area (Å²) in [6.45, 7) is 6.14. The van der Waals surface area contributed by atoms with Crippen LogP contribution in [0.4, 0.5) is 0 Å². The molecule has 0 aromatic rings. The number of carboxylic acids is 1. The van der Waals surface area contributed by atoms with E-state index < -0.39 is 5.97 Å². The molecule has 5 heteroatoms. The molecule has 5 nitrogen and oxygen atoms in total. The van der Waals surface area contributed by atoms with Crippen LogP contribution < -0.4 is 0 Å². The fraction of sp³-hybridized carbons (Fsp3) is 0.950. The van der Waals surface area contributed by atoms with E-state index in [1.165, 1.54) is 77.0 Å². The Balaban J connectivity index is 0. The lowest BCUT2D eigenvalue weighted by Gasteiger charge is -2.19. The number of carboxylic acid groups (broad SMARTS) is 1. The molecule has 25 heavy (non-hydrogen) atoms. The van der Waals surface area contributed by atoms with E-state index >= 15 is 0 Å². The Kier molecular flexibility index (Phi) is 24.8. The average Bonchev–Trinajstić information content (AvgIpc) is 2.55. The summed E-state index contributed by atoms with van der Waals surface area (Å²) in [6, 6.07) is 0. The average molecular weight is 362 g/mol. The molecule has 0 unspecified atom stereocenters. The van der Waals surface area contributed by atoms with Crippen LogP contribution in [0, 0.1) is 0 Å². The van der Waals surface area contributed by atoms with Crippen molar-refractivity contribution in [2.24, 2.45) is 0 Å². The molecule has 0 rings (SSSR count). The quantitative estimate of drug-likeness (QED) is 0.340. The van der Waals surface area contributed by atoms with Gasteiger partial charge in [-0.25, -0.2) is 0 Å². The maximum atomic E-state index is 9.00. The summed E-state index contributed by atoms with van der Waals surface area (Å²) in [5.74, 6) is -0.833. The molecule has 0 saturated heterocycles. The summed E-state index contributed by atoms with van der Waals surface area (Å²) < 4.78 is 0. The molecule has 3 N–H and O–H groups in total. The second-order valence-electron chi connectivity index (χ2n) is 6.70. The van der Waals surface area contributed by atoms with Crippen molar-refractivity contribution in [2.75, 3.05) is 32.8 Å². The number of aliphatic carboxylic acids is 1. The number of aliphatic hydroxyl groups is 2.